The van der Waals surface area contributed by atoms with Gasteiger partial charge in [0.2, 0.25) is 11.8 Å². The summed E-state index contributed by atoms with van der Waals surface area (Å²) in [6.45, 7) is 4.56. The molecule has 0 radical (unpaired) electrons. The monoisotopic (exact) mass is 383 g/mol. The van der Waals surface area contributed by atoms with Gasteiger partial charge in [0.1, 0.15) is 5.69 Å². The summed E-state index contributed by atoms with van der Waals surface area (Å²) in [4.78, 5) is 23.7. The summed E-state index contributed by atoms with van der Waals surface area (Å²) in [5.41, 5.74) is 2.50. The van der Waals surface area contributed by atoms with Crippen LogP contribution < -0.4 is 5.32 Å². The predicted octanol–water partition coefficient (Wildman–Crippen LogP) is 2.62. The van der Waals surface area contributed by atoms with Crippen molar-refractivity contribution in [3.63, 3.8) is 0 Å². The van der Waals surface area contributed by atoms with E-state index in [1.807, 2.05) is 19.9 Å². The van der Waals surface area contributed by atoms with Gasteiger partial charge in [0.05, 0.1) is 18.4 Å². The number of hydrogen-bond donors (Lipinski definition) is 1. The first-order valence-electron chi connectivity index (χ1n) is 8.85. The minimum absolute atomic E-state index is 0.163. The second-order valence-electron chi connectivity index (χ2n) is 6.11. The van der Waals surface area contributed by atoms with E-state index in [-0.39, 0.29) is 12.3 Å². The molecule has 3 rings (SSSR count). The third-order valence-electron chi connectivity index (χ3n) is 4.02. The van der Waals surface area contributed by atoms with E-state index < -0.39 is 5.97 Å². The van der Waals surface area contributed by atoms with E-state index in [2.05, 4.69) is 25.3 Å². The van der Waals surface area contributed by atoms with Crippen LogP contribution in [0.25, 0.3) is 11.6 Å². The Bertz CT molecular complexity index is 992. The van der Waals surface area contributed by atoms with Crippen LogP contribution in [0.15, 0.2) is 34.7 Å². The number of rotatable bonds is 7. The molecule has 0 saturated heterocycles. The number of carbonyl (C=O) groups is 2. The molecule has 3 aromatic rings. The minimum atomic E-state index is -0.462. The van der Waals surface area contributed by atoms with E-state index in [9.17, 15) is 9.59 Å². The van der Waals surface area contributed by atoms with Crippen LogP contribution >= 0.6 is 0 Å². The number of esters is 1. The van der Waals surface area contributed by atoms with Gasteiger partial charge >= 0.3 is 5.97 Å². The van der Waals surface area contributed by atoms with E-state index in [4.69, 9.17) is 4.42 Å². The van der Waals surface area contributed by atoms with Crippen molar-refractivity contribution in [2.75, 3.05) is 12.4 Å². The maximum atomic E-state index is 12.2. The number of hydrogen-bond acceptors (Lipinski definition) is 7. The molecule has 0 saturated carbocycles. The van der Waals surface area contributed by atoms with Crippen molar-refractivity contribution in [2.45, 2.75) is 33.2 Å². The van der Waals surface area contributed by atoms with Gasteiger partial charge in [-0.15, -0.1) is 10.2 Å². The molecule has 0 fully saturated rings. The summed E-state index contributed by atoms with van der Waals surface area (Å²) in [7, 11) is 1.31. The summed E-state index contributed by atoms with van der Waals surface area (Å²) in [6.07, 6.45) is 0.463. The molecule has 2 aromatic heterocycles. The Hall–Kier alpha value is -3.49. The first-order chi connectivity index (χ1) is 13.5. The fourth-order valence-electron chi connectivity index (χ4n) is 2.70. The molecule has 0 bridgehead atoms. The largest absolute Gasteiger partial charge is 0.465 e. The van der Waals surface area contributed by atoms with Crippen LogP contribution in [-0.2, 0) is 22.5 Å². The standard InChI is InChI=1S/C19H21N5O4/c1-4-24-15(10-12(2)23-24)18-22-21-17(28-18)9-8-16(25)20-14-7-5-6-13(11-14)19(26)27-3/h5-7,10-11H,4,8-9H2,1-3H3,(H,20,25). The predicted molar refractivity (Wildman–Crippen MR) is 101 cm³/mol. The van der Waals surface area contributed by atoms with Crippen LogP contribution in [0.5, 0.6) is 0 Å². The molecule has 0 atom stereocenters. The molecule has 0 aliphatic heterocycles. The Morgan fingerprint density at radius 2 is 2.07 bits per heavy atom. The maximum absolute atomic E-state index is 12.2. The van der Waals surface area contributed by atoms with Gasteiger partial charge in [-0.05, 0) is 38.1 Å². The van der Waals surface area contributed by atoms with E-state index in [0.717, 1.165) is 11.4 Å². The highest BCUT2D eigenvalue weighted by Gasteiger charge is 2.15. The van der Waals surface area contributed by atoms with Crippen LogP contribution in [0.2, 0.25) is 0 Å². The highest BCUT2D eigenvalue weighted by molar-refractivity contribution is 5.94. The minimum Gasteiger partial charge on any atom is -0.465 e. The highest BCUT2D eigenvalue weighted by Crippen LogP contribution is 2.20. The van der Waals surface area contributed by atoms with Crippen molar-refractivity contribution < 1.29 is 18.7 Å². The average Bonchev–Trinajstić information content (AvgIpc) is 3.32. The Labute approximate surface area is 161 Å². The third-order valence-corrected chi connectivity index (χ3v) is 4.02. The third kappa shape index (κ3) is 4.43. The second kappa shape index (κ2) is 8.47. The molecule has 0 aliphatic rings. The number of aromatic nitrogens is 4. The van der Waals surface area contributed by atoms with Gasteiger partial charge in [-0.2, -0.15) is 5.10 Å². The highest BCUT2D eigenvalue weighted by atomic mass is 16.5. The Morgan fingerprint density at radius 3 is 2.82 bits per heavy atom. The first kappa shape index (κ1) is 19.3. The average molecular weight is 383 g/mol. The van der Waals surface area contributed by atoms with Gasteiger partial charge in [0.15, 0.2) is 0 Å². The van der Waals surface area contributed by atoms with Crippen molar-refractivity contribution >= 4 is 17.6 Å². The molecule has 0 unspecified atom stereocenters. The zero-order valence-corrected chi connectivity index (χ0v) is 15.9. The van der Waals surface area contributed by atoms with Crippen molar-refractivity contribution in [3.8, 4) is 11.6 Å². The lowest BCUT2D eigenvalue weighted by Gasteiger charge is -2.06. The summed E-state index contributed by atoms with van der Waals surface area (Å²) in [5, 5.41) is 15.1. The van der Waals surface area contributed by atoms with E-state index >= 15 is 0 Å². The molecule has 0 spiro atoms. The molecular formula is C19H21N5O4. The summed E-state index contributed by atoms with van der Waals surface area (Å²) < 4.78 is 12.1. The molecule has 1 amide bonds. The summed E-state index contributed by atoms with van der Waals surface area (Å²) in [6, 6.07) is 8.42. The van der Waals surface area contributed by atoms with Crippen molar-refractivity contribution in [3.05, 3.63) is 47.5 Å². The molecule has 0 aliphatic carbocycles. The summed E-state index contributed by atoms with van der Waals surface area (Å²) >= 11 is 0. The number of benzene rings is 1. The molecule has 9 nitrogen and oxygen atoms in total. The van der Waals surface area contributed by atoms with Crippen LogP contribution in [0.3, 0.4) is 0 Å². The molecule has 1 aromatic carbocycles. The zero-order valence-electron chi connectivity index (χ0n) is 15.9. The Balaban J connectivity index is 1.60. The first-order valence-corrected chi connectivity index (χ1v) is 8.85. The van der Waals surface area contributed by atoms with Crippen molar-refractivity contribution in [2.24, 2.45) is 0 Å². The zero-order chi connectivity index (χ0) is 20.1. The van der Waals surface area contributed by atoms with Gasteiger partial charge in [-0.25, -0.2) is 4.79 Å². The Morgan fingerprint density at radius 1 is 1.25 bits per heavy atom. The number of aryl methyl sites for hydroxylation is 3. The van der Waals surface area contributed by atoms with E-state index in [0.29, 0.717) is 36.0 Å². The molecular weight excluding hydrogens is 362 g/mol. The van der Waals surface area contributed by atoms with E-state index in [1.54, 1.807) is 28.9 Å². The van der Waals surface area contributed by atoms with Gasteiger partial charge < -0.3 is 14.5 Å². The lowest BCUT2D eigenvalue weighted by Crippen LogP contribution is -2.13. The maximum Gasteiger partial charge on any atom is 0.337 e. The lowest BCUT2D eigenvalue weighted by molar-refractivity contribution is -0.116. The topological polar surface area (TPSA) is 112 Å². The number of nitrogens with zero attached hydrogens (tertiary/aromatic N) is 4. The summed E-state index contributed by atoms with van der Waals surface area (Å²) in [5.74, 6) is 0.0610. The molecule has 1 N–H and O–H groups in total. The number of carbonyl (C=O) groups excluding carboxylic acids is 2. The van der Waals surface area contributed by atoms with Crippen molar-refractivity contribution in [1.29, 1.82) is 0 Å². The smallest absolute Gasteiger partial charge is 0.337 e. The molecule has 146 valence electrons. The number of ether oxygens (including phenoxy) is 1. The van der Waals surface area contributed by atoms with Crippen LogP contribution in [0.4, 0.5) is 5.69 Å². The number of methoxy groups -OCH3 is 1. The number of nitrogens with one attached hydrogen (secondary N) is 1. The lowest BCUT2D eigenvalue weighted by atomic mass is 10.2. The SMILES string of the molecule is CCn1nc(C)cc1-c1nnc(CCC(=O)Nc2cccc(C(=O)OC)c2)o1. The molecule has 28 heavy (non-hydrogen) atoms. The van der Waals surface area contributed by atoms with Gasteiger partial charge in [-0.1, -0.05) is 6.07 Å². The Kier molecular flexibility index (Phi) is 5.83. The van der Waals surface area contributed by atoms with Gasteiger partial charge in [-0.3, -0.25) is 9.48 Å². The van der Waals surface area contributed by atoms with Crippen LogP contribution in [-0.4, -0.2) is 39.0 Å². The van der Waals surface area contributed by atoms with Crippen molar-refractivity contribution in [1.82, 2.24) is 20.0 Å². The van der Waals surface area contributed by atoms with Gasteiger partial charge in [0.25, 0.3) is 5.89 Å². The van der Waals surface area contributed by atoms with Gasteiger partial charge in [0, 0.05) is 25.1 Å². The second-order valence-corrected chi connectivity index (χ2v) is 6.11. The van der Waals surface area contributed by atoms with Crippen LogP contribution in [0, 0.1) is 6.92 Å². The normalized spacial score (nSPS) is 10.7. The van der Waals surface area contributed by atoms with E-state index in [1.165, 1.54) is 7.11 Å². The molecule has 9 heteroatoms. The van der Waals surface area contributed by atoms with Crippen LogP contribution in [0.1, 0.15) is 35.3 Å². The fourth-order valence-corrected chi connectivity index (χ4v) is 2.70. The molecule has 2 heterocycles. The number of anilines is 1. The number of amides is 1. The quantitative estimate of drug-likeness (QED) is 0.624. The fraction of sp³-hybridized carbons (Fsp3) is 0.316.